The Morgan fingerprint density at radius 3 is 2.32 bits per heavy atom. The summed E-state index contributed by atoms with van der Waals surface area (Å²) in [5.41, 5.74) is 3.65. The number of fused-ring (bicyclic) bond motifs is 1. The maximum atomic E-state index is 12.1. The van der Waals surface area contributed by atoms with Gasteiger partial charge in [-0.05, 0) is 36.6 Å². The number of aliphatic hydroxyl groups excluding tert-OH is 1. The smallest absolute Gasteiger partial charge is 0.305 e. The van der Waals surface area contributed by atoms with Crippen LogP contribution in [0.15, 0.2) is 77.6 Å². The molecular weight excluding hydrogens is 488 g/mol. The number of thiazole rings is 1. The molecule has 1 heterocycles. The minimum Gasteiger partial charge on any atom is -0.487 e. The molecule has 3 N–H and O–H groups in total. The van der Waals surface area contributed by atoms with E-state index in [0.29, 0.717) is 56.4 Å². The van der Waals surface area contributed by atoms with Gasteiger partial charge >= 0.3 is 4.87 Å². The molecule has 7 nitrogen and oxygen atoms in total. The summed E-state index contributed by atoms with van der Waals surface area (Å²) in [6, 6.07) is 23.8. The van der Waals surface area contributed by atoms with Gasteiger partial charge in [-0.3, -0.25) is 4.79 Å². The molecule has 37 heavy (non-hydrogen) atoms. The molecule has 0 radical (unpaired) electrons. The molecule has 0 saturated heterocycles. The van der Waals surface area contributed by atoms with E-state index >= 15 is 0 Å². The van der Waals surface area contributed by atoms with Crippen LogP contribution in [0.25, 0.3) is 10.2 Å². The van der Waals surface area contributed by atoms with E-state index in [1.165, 1.54) is 5.56 Å². The highest BCUT2D eigenvalue weighted by atomic mass is 32.1. The summed E-state index contributed by atoms with van der Waals surface area (Å²) in [5, 5.41) is 14.0. The van der Waals surface area contributed by atoms with Crippen LogP contribution in [0.4, 0.5) is 0 Å². The van der Waals surface area contributed by atoms with Crippen LogP contribution in [-0.2, 0) is 22.5 Å². The largest absolute Gasteiger partial charge is 0.487 e. The molecule has 1 aromatic heterocycles. The topological polar surface area (TPSA) is 92.8 Å². The van der Waals surface area contributed by atoms with Gasteiger partial charge in [0, 0.05) is 18.7 Å². The predicted molar refractivity (Wildman–Crippen MR) is 147 cm³/mol. The second-order valence-corrected chi connectivity index (χ2v) is 9.66. The first-order valence-electron chi connectivity index (χ1n) is 12.6. The standard InChI is InChI=1S/C29H34N2O5S/c32-25(20-30-15-7-16-34-18-19-35-17-14-22-8-3-1-4-9-22)24-12-13-26(27-28(24)37-29(33)31-27)36-21-23-10-5-2-6-11-23/h1-6,8-13,25,30,32H,7,14-21H2,(H,31,33)/t25-/m0/s1. The number of hydrogen-bond donors (Lipinski definition) is 3. The Morgan fingerprint density at radius 1 is 0.865 bits per heavy atom. The Labute approximate surface area is 221 Å². The van der Waals surface area contributed by atoms with E-state index in [1.54, 1.807) is 0 Å². The fraction of sp³-hybridized carbons (Fsp3) is 0.345. The summed E-state index contributed by atoms with van der Waals surface area (Å²) >= 11 is 1.09. The van der Waals surface area contributed by atoms with Crippen molar-refractivity contribution in [1.82, 2.24) is 10.3 Å². The molecule has 8 heteroatoms. The summed E-state index contributed by atoms with van der Waals surface area (Å²) in [7, 11) is 0. The van der Waals surface area contributed by atoms with E-state index in [4.69, 9.17) is 14.2 Å². The van der Waals surface area contributed by atoms with Gasteiger partial charge in [-0.2, -0.15) is 0 Å². The quantitative estimate of drug-likeness (QED) is 0.188. The summed E-state index contributed by atoms with van der Waals surface area (Å²) in [6.45, 7) is 3.97. The predicted octanol–water partition coefficient (Wildman–Crippen LogP) is 4.46. The first-order valence-corrected chi connectivity index (χ1v) is 13.4. The third-order valence-electron chi connectivity index (χ3n) is 5.90. The van der Waals surface area contributed by atoms with Gasteiger partial charge in [0.05, 0.1) is 30.6 Å². The molecule has 1 atom stereocenters. The monoisotopic (exact) mass is 522 g/mol. The second-order valence-electron chi connectivity index (χ2n) is 8.68. The Bertz CT molecular complexity index is 1260. The zero-order chi connectivity index (χ0) is 25.7. The SMILES string of the molecule is O=c1[nH]c2c(OCc3ccccc3)ccc([C@@H](O)CNCCCOCCOCCc3ccccc3)c2s1. The number of benzene rings is 3. The van der Waals surface area contributed by atoms with E-state index < -0.39 is 6.10 Å². The average Bonchev–Trinajstić information content (AvgIpc) is 3.33. The molecule has 0 spiro atoms. The molecule has 4 rings (SSSR count). The van der Waals surface area contributed by atoms with Crippen LogP contribution in [0, 0.1) is 0 Å². The van der Waals surface area contributed by atoms with Crippen molar-refractivity contribution in [2.75, 3.05) is 39.5 Å². The number of ether oxygens (including phenoxy) is 3. The zero-order valence-corrected chi connectivity index (χ0v) is 21.7. The lowest BCUT2D eigenvalue weighted by Gasteiger charge is -2.15. The number of aromatic nitrogens is 1. The van der Waals surface area contributed by atoms with Crippen LogP contribution >= 0.6 is 11.3 Å². The number of rotatable bonds is 16. The Morgan fingerprint density at radius 2 is 1.57 bits per heavy atom. The Kier molecular flexibility index (Phi) is 10.7. The molecule has 0 saturated carbocycles. The van der Waals surface area contributed by atoms with Crippen molar-refractivity contribution < 1.29 is 19.3 Å². The number of aromatic amines is 1. The summed E-state index contributed by atoms with van der Waals surface area (Å²) in [5.74, 6) is 0.599. The maximum absolute atomic E-state index is 12.1. The third-order valence-corrected chi connectivity index (χ3v) is 6.83. The number of hydrogen-bond acceptors (Lipinski definition) is 7. The minimum atomic E-state index is -0.740. The molecule has 0 fully saturated rings. The first-order chi connectivity index (χ1) is 18.2. The summed E-state index contributed by atoms with van der Waals surface area (Å²) < 4.78 is 17.9. The van der Waals surface area contributed by atoms with Gasteiger partial charge in [0.25, 0.3) is 0 Å². The molecule has 0 aliphatic rings. The van der Waals surface area contributed by atoms with Gasteiger partial charge in [-0.25, -0.2) is 0 Å². The molecule has 196 valence electrons. The second kappa shape index (κ2) is 14.7. The van der Waals surface area contributed by atoms with Crippen LogP contribution in [0.2, 0.25) is 0 Å². The highest BCUT2D eigenvalue weighted by molar-refractivity contribution is 7.16. The van der Waals surface area contributed by atoms with Gasteiger partial charge in [-0.15, -0.1) is 0 Å². The Balaban J connectivity index is 1.13. The van der Waals surface area contributed by atoms with Gasteiger partial charge in [0.2, 0.25) is 0 Å². The normalized spacial score (nSPS) is 12.1. The van der Waals surface area contributed by atoms with Crippen molar-refractivity contribution in [3.63, 3.8) is 0 Å². The van der Waals surface area contributed by atoms with Crippen molar-refractivity contribution in [3.05, 3.63) is 99.2 Å². The molecule has 0 amide bonds. The van der Waals surface area contributed by atoms with Gasteiger partial charge in [-0.1, -0.05) is 78.1 Å². The van der Waals surface area contributed by atoms with Crippen LogP contribution in [-0.4, -0.2) is 49.6 Å². The summed E-state index contributed by atoms with van der Waals surface area (Å²) in [4.78, 5) is 14.8. The Hall–Kier alpha value is -3.01. The first kappa shape index (κ1) is 27.0. The summed E-state index contributed by atoms with van der Waals surface area (Å²) in [6.07, 6.45) is 0.995. The highest BCUT2D eigenvalue weighted by Gasteiger charge is 2.17. The van der Waals surface area contributed by atoms with E-state index in [0.717, 1.165) is 41.0 Å². The van der Waals surface area contributed by atoms with Gasteiger partial charge in [0.1, 0.15) is 17.9 Å². The maximum Gasteiger partial charge on any atom is 0.305 e. The number of nitrogens with one attached hydrogen (secondary N) is 2. The van der Waals surface area contributed by atoms with E-state index in [2.05, 4.69) is 22.4 Å². The van der Waals surface area contributed by atoms with Crippen LogP contribution in [0.1, 0.15) is 29.2 Å². The molecule has 0 bridgehead atoms. The van der Waals surface area contributed by atoms with Crippen molar-refractivity contribution >= 4 is 21.6 Å². The average molecular weight is 523 g/mol. The molecule has 3 aromatic carbocycles. The van der Waals surface area contributed by atoms with E-state index in [-0.39, 0.29) is 4.87 Å². The van der Waals surface area contributed by atoms with Crippen molar-refractivity contribution in [1.29, 1.82) is 0 Å². The molecule has 0 unspecified atom stereocenters. The lowest BCUT2D eigenvalue weighted by molar-refractivity contribution is 0.0478. The molecular formula is C29H34N2O5S. The van der Waals surface area contributed by atoms with Crippen molar-refractivity contribution in [2.45, 2.75) is 25.6 Å². The zero-order valence-electron chi connectivity index (χ0n) is 20.9. The van der Waals surface area contributed by atoms with Crippen LogP contribution in [0.5, 0.6) is 5.75 Å². The molecule has 4 aromatic rings. The lowest BCUT2D eigenvalue weighted by Crippen LogP contribution is -2.23. The third kappa shape index (κ3) is 8.52. The van der Waals surface area contributed by atoms with Crippen molar-refractivity contribution in [2.24, 2.45) is 0 Å². The van der Waals surface area contributed by atoms with E-state index in [1.807, 2.05) is 60.7 Å². The minimum absolute atomic E-state index is 0.173. The van der Waals surface area contributed by atoms with Gasteiger partial charge < -0.3 is 29.6 Å². The fourth-order valence-corrected chi connectivity index (χ4v) is 4.87. The van der Waals surface area contributed by atoms with Gasteiger partial charge in [0.15, 0.2) is 0 Å². The van der Waals surface area contributed by atoms with E-state index in [9.17, 15) is 9.90 Å². The lowest BCUT2D eigenvalue weighted by atomic mass is 10.1. The number of aliphatic hydroxyl groups is 1. The molecule has 0 aliphatic heterocycles. The molecule has 0 aliphatic carbocycles. The van der Waals surface area contributed by atoms with Crippen molar-refractivity contribution in [3.8, 4) is 5.75 Å². The fourth-order valence-electron chi connectivity index (χ4n) is 3.95. The van der Waals surface area contributed by atoms with Crippen LogP contribution < -0.4 is 14.9 Å². The highest BCUT2D eigenvalue weighted by Crippen LogP contribution is 2.32. The number of H-pyrrole nitrogens is 1. The van der Waals surface area contributed by atoms with Crippen LogP contribution in [0.3, 0.4) is 0 Å².